The third-order valence-electron chi connectivity index (χ3n) is 4.21. The Labute approximate surface area is 181 Å². The normalized spacial score (nSPS) is 11.2. The minimum Gasteiger partial charge on any atom is -0.444 e. The predicted octanol–water partition coefficient (Wildman–Crippen LogP) is 5.12. The molecule has 1 heterocycles. The van der Waals surface area contributed by atoms with E-state index in [-0.39, 0.29) is 12.3 Å². The summed E-state index contributed by atoms with van der Waals surface area (Å²) in [4.78, 5) is 28.1. The summed E-state index contributed by atoms with van der Waals surface area (Å²) in [6.07, 6.45) is 0.324. The van der Waals surface area contributed by atoms with Crippen LogP contribution in [0.2, 0.25) is 0 Å². The number of carbonyl (C=O) groups excluding carboxylic acids is 2. The van der Waals surface area contributed by atoms with Gasteiger partial charge in [0, 0.05) is 24.3 Å². The number of carbonyl (C=O) groups is 2. The highest BCUT2D eigenvalue weighted by molar-refractivity contribution is 5.91. The first-order valence-corrected chi connectivity index (χ1v) is 10.2. The van der Waals surface area contributed by atoms with E-state index >= 15 is 0 Å². The summed E-state index contributed by atoms with van der Waals surface area (Å²) in [5, 5.41) is 8.59. The molecule has 0 spiro atoms. The molecule has 0 aliphatic heterocycles. The minimum absolute atomic E-state index is 0.124. The van der Waals surface area contributed by atoms with Gasteiger partial charge in [0.05, 0.1) is 0 Å². The van der Waals surface area contributed by atoms with Gasteiger partial charge in [-0.2, -0.15) is 4.98 Å². The molecule has 8 heteroatoms. The van der Waals surface area contributed by atoms with Crippen molar-refractivity contribution in [1.29, 1.82) is 0 Å². The molecular formula is C23H28N4O4. The lowest BCUT2D eigenvalue weighted by molar-refractivity contribution is -0.116. The van der Waals surface area contributed by atoms with Gasteiger partial charge in [-0.15, -0.1) is 0 Å². The summed E-state index contributed by atoms with van der Waals surface area (Å²) in [7, 11) is 0. The summed E-state index contributed by atoms with van der Waals surface area (Å²) < 4.78 is 10.9. The van der Waals surface area contributed by atoms with E-state index in [2.05, 4.69) is 20.9 Å². The van der Waals surface area contributed by atoms with Crippen LogP contribution in [0.25, 0.3) is 11.1 Å². The zero-order chi connectivity index (χ0) is 22.4. The van der Waals surface area contributed by atoms with E-state index in [4.69, 9.17) is 9.15 Å². The fourth-order valence-electron chi connectivity index (χ4n) is 2.82. The lowest BCUT2D eigenvalue weighted by Gasteiger charge is -2.19. The van der Waals surface area contributed by atoms with Crippen LogP contribution in [-0.2, 0) is 9.53 Å². The number of nitrogens with one attached hydrogen (secondary N) is 3. The molecule has 0 aliphatic carbocycles. The van der Waals surface area contributed by atoms with Crippen LogP contribution in [0.15, 0.2) is 46.9 Å². The molecule has 3 aromatic rings. The Kier molecular flexibility index (Phi) is 6.79. The summed E-state index contributed by atoms with van der Waals surface area (Å²) in [6, 6.07) is 13.5. The Hall–Kier alpha value is -3.55. The largest absolute Gasteiger partial charge is 0.444 e. The maximum absolute atomic E-state index is 12.1. The average Bonchev–Trinajstić information content (AvgIpc) is 3.07. The number of ether oxygens (including phenoxy) is 1. The lowest BCUT2D eigenvalue weighted by atomic mass is 10.2. The molecule has 0 atom stereocenters. The van der Waals surface area contributed by atoms with E-state index in [1.165, 1.54) is 0 Å². The molecule has 31 heavy (non-hydrogen) atoms. The molecule has 0 saturated carbocycles. The SMILES string of the molecule is Cc1ccc2nc(Nc3ccc(NC(=O)CCCNC(=O)OC(C)(C)C)cc3)oc2c1. The van der Waals surface area contributed by atoms with Crippen molar-refractivity contribution < 1.29 is 18.7 Å². The first-order valence-electron chi connectivity index (χ1n) is 10.2. The third-order valence-corrected chi connectivity index (χ3v) is 4.21. The number of nitrogens with zero attached hydrogens (tertiary/aromatic N) is 1. The number of aryl methyl sites for hydroxylation is 1. The Bertz CT molecular complexity index is 1050. The standard InChI is InChI=1S/C23H28N4O4/c1-15-7-12-18-19(14-15)30-21(27-18)26-17-10-8-16(9-11-17)25-20(28)6-5-13-24-22(29)31-23(2,3)4/h7-12,14H,5-6,13H2,1-4H3,(H,24,29)(H,25,28)(H,26,27). The molecule has 8 nitrogen and oxygen atoms in total. The van der Waals surface area contributed by atoms with Crippen LogP contribution in [-0.4, -0.2) is 29.1 Å². The third kappa shape index (κ3) is 7.02. The van der Waals surface area contributed by atoms with Gasteiger partial charge in [-0.1, -0.05) is 6.07 Å². The van der Waals surface area contributed by atoms with Crippen molar-refractivity contribution in [3.05, 3.63) is 48.0 Å². The van der Waals surface area contributed by atoms with Gasteiger partial charge in [0.2, 0.25) is 5.91 Å². The zero-order valence-electron chi connectivity index (χ0n) is 18.2. The number of rotatable bonds is 7. The number of aromatic nitrogens is 1. The van der Waals surface area contributed by atoms with E-state index in [0.717, 1.165) is 22.4 Å². The second-order valence-corrected chi connectivity index (χ2v) is 8.27. The van der Waals surface area contributed by atoms with Crippen molar-refractivity contribution in [3.8, 4) is 0 Å². The fraction of sp³-hybridized carbons (Fsp3) is 0.348. The molecule has 0 saturated heterocycles. The maximum Gasteiger partial charge on any atom is 0.407 e. The molecule has 0 fully saturated rings. The summed E-state index contributed by atoms with van der Waals surface area (Å²) >= 11 is 0. The van der Waals surface area contributed by atoms with Gasteiger partial charge in [0.15, 0.2) is 5.58 Å². The van der Waals surface area contributed by atoms with E-state index in [9.17, 15) is 9.59 Å². The molecule has 0 unspecified atom stereocenters. The average molecular weight is 425 g/mol. The first-order chi connectivity index (χ1) is 14.7. The molecule has 0 bridgehead atoms. The highest BCUT2D eigenvalue weighted by Gasteiger charge is 2.15. The number of hydrogen-bond donors (Lipinski definition) is 3. The van der Waals surface area contributed by atoms with Crippen molar-refractivity contribution in [3.63, 3.8) is 0 Å². The smallest absolute Gasteiger partial charge is 0.407 e. The van der Waals surface area contributed by atoms with Gasteiger partial charge in [0.1, 0.15) is 11.1 Å². The van der Waals surface area contributed by atoms with Crippen molar-refractivity contribution in [2.75, 3.05) is 17.2 Å². The first kappa shape index (κ1) is 22.1. The molecule has 3 rings (SSSR count). The molecule has 0 radical (unpaired) electrons. The van der Waals surface area contributed by atoms with Crippen LogP contribution in [0.4, 0.5) is 22.2 Å². The topological polar surface area (TPSA) is 105 Å². The van der Waals surface area contributed by atoms with E-state index in [1.54, 1.807) is 32.9 Å². The van der Waals surface area contributed by atoms with Crippen LogP contribution in [0, 0.1) is 6.92 Å². The van der Waals surface area contributed by atoms with Crippen LogP contribution >= 0.6 is 0 Å². The van der Waals surface area contributed by atoms with Crippen molar-refractivity contribution >= 4 is 40.5 Å². The van der Waals surface area contributed by atoms with Crippen LogP contribution in [0.5, 0.6) is 0 Å². The number of benzene rings is 2. The Morgan fingerprint density at radius 3 is 2.48 bits per heavy atom. The predicted molar refractivity (Wildman–Crippen MR) is 121 cm³/mol. The Balaban J connectivity index is 1.43. The number of amides is 2. The van der Waals surface area contributed by atoms with Crippen molar-refractivity contribution in [2.45, 2.75) is 46.1 Å². The summed E-state index contributed by atoms with van der Waals surface area (Å²) in [5.74, 6) is -0.124. The number of anilines is 3. The number of fused-ring (bicyclic) bond motifs is 1. The van der Waals surface area contributed by atoms with Crippen LogP contribution in [0.1, 0.15) is 39.2 Å². The van der Waals surface area contributed by atoms with Gasteiger partial charge in [-0.05, 0) is 76.1 Å². The van der Waals surface area contributed by atoms with Crippen molar-refractivity contribution in [1.82, 2.24) is 10.3 Å². The number of hydrogen-bond acceptors (Lipinski definition) is 6. The second kappa shape index (κ2) is 9.51. The lowest BCUT2D eigenvalue weighted by Crippen LogP contribution is -2.33. The van der Waals surface area contributed by atoms with Gasteiger partial charge in [0.25, 0.3) is 6.01 Å². The van der Waals surface area contributed by atoms with Crippen LogP contribution < -0.4 is 16.0 Å². The van der Waals surface area contributed by atoms with Gasteiger partial charge < -0.3 is 25.1 Å². The van der Waals surface area contributed by atoms with Gasteiger partial charge in [-0.3, -0.25) is 4.79 Å². The van der Waals surface area contributed by atoms with Crippen molar-refractivity contribution in [2.24, 2.45) is 0 Å². The molecule has 3 N–H and O–H groups in total. The molecule has 164 valence electrons. The van der Waals surface area contributed by atoms with E-state index < -0.39 is 11.7 Å². The summed E-state index contributed by atoms with van der Waals surface area (Å²) in [6.45, 7) is 7.77. The molecular weight excluding hydrogens is 396 g/mol. The zero-order valence-corrected chi connectivity index (χ0v) is 18.2. The van der Waals surface area contributed by atoms with E-state index in [0.29, 0.717) is 24.7 Å². The monoisotopic (exact) mass is 424 g/mol. The second-order valence-electron chi connectivity index (χ2n) is 8.27. The maximum atomic E-state index is 12.1. The quantitative estimate of drug-likeness (QED) is 0.455. The summed E-state index contributed by atoms with van der Waals surface area (Å²) in [5.41, 5.74) is 3.57. The molecule has 2 aromatic carbocycles. The Morgan fingerprint density at radius 1 is 1.06 bits per heavy atom. The van der Waals surface area contributed by atoms with Gasteiger partial charge in [-0.25, -0.2) is 4.79 Å². The molecule has 2 amide bonds. The van der Waals surface area contributed by atoms with Crippen LogP contribution in [0.3, 0.4) is 0 Å². The highest BCUT2D eigenvalue weighted by atomic mass is 16.6. The minimum atomic E-state index is -0.540. The molecule has 1 aromatic heterocycles. The molecule has 0 aliphatic rings. The fourth-order valence-corrected chi connectivity index (χ4v) is 2.82. The Morgan fingerprint density at radius 2 is 1.77 bits per heavy atom. The number of alkyl carbamates (subject to hydrolysis) is 1. The highest BCUT2D eigenvalue weighted by Crippen LogP contribution is 2.23. The number of oxazole rings is 1. The van der Waals surface area contributed by atoms with E-state index in [1.807, 2.05) is 37.3 Å². The van der Waals surface area contributed by atoms with Gasteiger partial charge >= 0.3 is 6.09 Å².